The number of urea groups is 1. The molecule has 1 saturated carbocycles. The molecule has 0 saturated heterocycles. The average molecular weight is 312 g/mol. The molecule has 1 fully saturated rings. The highest BCUT2D eigenvalue weighted by Gasteiger charge is 2.25. The van der Waals surface area contributed by atoms with Crippen LogP contribution < -0.4 is 16.2 Å². The number of aryl methyl sites for hydroxylation is 1. The first-order valence-corrected chi connectivity index (χ1v) is 7.81. The molecule has 2 aromatic rings. The Morgan fingerprint density at radius 3 is 2.65 bits per heavy atom. The molecule has 6 nitrogen and oxygen atoms in total. The van der Waals surface area contributed by atoms with Gasteiger partial charge in [0.1, 0.15) is 0 Å². The number of benzene rings is 1. The van der Waals surface area contributed by atoms with Crippen molar-refractivity contribution in [3.05, 3.63) is 58.0 Å². The van der Waals surface area contributed by atoms with E-state index in [0.717, 1.165) is 29.8 Å². The summed E-state index contributed by atoms with van der Waals surface area (Å²) in [7, 11) is 0. The molecule has 120 valence electrons. The SMILES string of the molecule is Cc1ccc(NC(=O)NCCn2nc(C3CC3)ccc2=O)cc1. The maximum atomic E-state index is 11.8. The second-order valence-electron chi connectivity index (χ2n) is 5.84. The number of aromatic nitrogens is 2. The number of anilines is 1. The van der Waals surface area contributed by atoms with Crippen molar-refractivity contribution >= 4 is 11.7 Å². The van der Waals surface area contributed by atoms with Crippen molar-refractivity contribution in [3.8, 4) is 0 Å². The Kier molecular flexibility index (Phi) is 4.41. The Morgan fingerprint density at radius 2 is 1.96 bits per heavy atom. The third kappa shape index (κ3) is 4.18. The van der Waals surface area contributed by atoms with Crippen LogP contribution in [0.1, 0.15) is 30.0 Å². The lowest BCUT2D eigenvalue weighted by molar-refractivity contribution is 0.251. The molecule has 1 aliphatic rings. The van der Waals surface area contributed by atoms with Gasteiger partial charge in [0.05, 0.1) is 12.2 Å². The van der Waals surface area contributed by atoms with Crippen molar-refractivity contribution in [1.29, 1.82) is 0 Å². The fourth-order valence-electron chi connectivity index (χ4n) is 2.31. The first kappa shape index (κ1) is 15.3. The van der Waals surface area contributed by atoms with Crippen molar-refractivity contribution in [3.63, 3.8) is 0 Å². The van der Waals surface area contributed by atoms with Crippen molar-refractivity contribution in [1.82, 2.24) is 15.1 Å². The molecule has 1 heterocycles. The van der Waals surface area contributed by atoms with E-state index in [4.69, 9.17) is 0 Å². The first-order valence-electron chi connectivity index (χ1n) is 7.81. The van der Waals surface area contributed by atoms with E-state index < -0.39 is 0 Å². The Balaban J connectivity index is 1.50. The average Bonchev–Trinajstić information content (AvgIpc) is 3.36. The van der Waals surface area contributed by atoms with Crippen LogP contribution in [0.25, 0.3) is 0 Å². The van der Waals surface area contributed by atoms with E-state index in [9.17, 15) is 9.59 Å². The van der Waals surface area contributed by atoms with E-state index >= 15 is 0 Å². The molecule has 0 spiro atoms. The molecule has 0 radical (unpaired) electrons. The zero-order chi connectivity index (χ0) is 16.2. The first-order chi connectivity index (χ1) is 11.1. The molecule has 1 aromatic heterocycles. The van der Waals surface area contributed by atoms with Crippen LogP contribution in [-0.2, 0) is 6.54 Å². The van der Waals surface area contributed by atoms with Gasteiger partial charge in [0.15, 0.2) is 0 Å². The van der Waals surface area contributed by atoms with Crippen LogP contribution >= 0.6 is 0 Å². The number of rotatable bonds is 5. The van der Waals surface area contributed by atoms with Crippen molar-refractivity contribution in [2.45, 2.75) is 32.2 Å². The maximum absolute atomic E-state index is 11.8. The van der Waals surface area contributed by atoms with E-state index in [-0.39, 0.29) is 11.6 Å². The molecule has 2 N–H and O–H groups in total. The highest BCUT2D eigenvalue weighted by atomic mass is 16.2. The summed E-state index contributed by atoms with van der Waals surface area (Å²) in [4.78, 5) is 23.6. The molecule has 2 amide bonds. The van der Waals surface area contributed by atoms with Crippen LogP contribution in [0, 0.1) is 6.92 Å². The zero-order valence-corrected chi connectivity index (χ0v) is 13.1. The predicted molar refractivity (Wildman–Crippen MR) is 88.7 cm³/mol. The van der Waals surface area contributed by atoms with Gasteiger partial charge in [0, 0.05) is 24.2 Å². The summed E-state index contributed by atoms with van der Waals surface area (Å²) in [6.45, 7) is 2.70. The third-order valence-corrected chi connectivity index (χ3v) is 3.80. The van der Waals surface area contributed by atoms with Crippen LogP contribution in [-0.4, -0.2) is 22.4 Å². The van der Waals surface area contributed by atoms with E-state index in [1.807, 2.05) is 31.2 Å². The number of hydrogen-bond acceptors (Lipinski definition) is 3. The minimum absolute atomic E-state index is 0.143. The summed E-state index contributed by atoms with van der Waals surface area (Å²) in [5.41, 5.74) is 2.69. The minimum Gasteiger partial charge on any atom is -0.336 e. The normalized spacial score (nSPS) is 13.6. The standard InChI is InChI=1S/C17H20N4O2/c1-12-2-6-14(7-3-12)19-17(23)18-10-11-21-16(22)9-8-15(20-21)13-4-5-13/h2-3,6-9,13H,4-5,10-11H2,1H3,(H2,18,19,23). The van der Waals surface area contributed by atoms with Crippen LogP contribution in [0.15, 0.2) is 41.2 Å². The monoisotopic (exact) mass is 312 g/mol. The fraction of sp³-hybridized carbons (Fsp3) is 0.353. The van der Waals surface area contributed by atoms with E-state index in [2.05, 4.69) is 15.7 Å². The Morgan fingerprint density at radius 1 is 1.22 bits per heavy atom. The van der Waals surface area contributed by atoms with Gasteiger partial charge < -0.3 is 10.6 Å². The molecule has 0 atom stereocenters. The summed E-state index contributed by atoms with van der Waals surface area (Å²) < 4.78 is 1.42. The van der Waals surface area contributed by atoms with Gasteiger partial charge in [-0.15, -0.1) is 0 Å². The summed E-state index contributed by atoms with van der Waals surface area (Å²) in [6, 6.07) is 10.6. The van der Waals surface area contributed by atoms with Crippen LogP contribution in [0.2, 0.25) is 0 Å². The number of hydrogen-bond donors (Lipinski definition) is 2. The molecule has 23 heavy (non-hydrogen) atoms. The Hall–Kier alpha value is -2.63. The summed E-state index contributed by atoms with van der Waals surface area (Å²) in [6.07, 6.45) is 2.28. The summed E-state index contributed by atoms with van der Waals surface area (Å²) >= 11 is 0. The largest absolute Gasteiger partial charge is 0.336 e. The third-order valence-electron chi connectivity index (χ3n) is 3.80. The smallest absolute Gasteiger partial charge is 0.319 e. The quantitative estimate of drug-likeness (QED) is 0.889. The lowest BCUT2D eigenvalue weighted by atomic mass is 10.2. The number of nitrogens with one attached hydrogen (secondary N) is 2. The maximum Gasteiger partial charge on any atom is 0.319 e. The molecule has 0 aliphatic heterocycles. The molecule has 1 aromatic carbocycles. The molecular weight excluding hydrogens is 292 g/mol. The minimum atomic E-state index is -0.291. The lowest BCUT2D eigenvalue weighted by Crippen LogP contribution is -2.34. The van der Waals surface area contributed by atoms with Crippen molar-refractivity contribution in [2.75, 3.05) is 11.9 Å². The molecule has 3 rings (SSSR count). The van der Waals surface area contributed by atoms with Crippen LogP contribution in [0.5, 0.6) is 0 Å². The highest BCUT2D eigenvalue weighted by Crippen LogP contribution is 2.38. The van der Waals surface area contributed by atoms with Gasteiger partial charge in [-0.2, -0.15) is 5.10 Å². The van der Waals surface area contributed by atoms with E-state index in [1.54, 1.807) is 12.1 Å². The molecule has 6 heteroatoms. The van der Waals surface area contributed by atoms with Gasteiger partial charge in [-0.05, 0) is 38.0 Å². The van der Waals surface area contributed by atoms with E-state index in [1.165, 1.54) is 4.68 Å². The topological polar surface area (TPSA) is 76.0 Å². The summed E-state index contributed by atoms with van der Waals surface area (Å²) in [5, 5.41) is 9.85. The molecule has 1 aliphatic carbocycles. The van der Waals surface area contributed by atoms with Gasteiger partial charge in [-0.1, -0.05) is 17.7 Å². The van der Waals surface area contributed by atoms with Crippen molar-refractivity contribution < 1.29 is 4.79 Å². The highest BCUT2D eigenvalue weighted by molar-refractivity contribution is 5.89. The zero-order valence-electron chi connectivity index (χ0n) is 13.1. The molecule has 0 unspecified atom stereocenters. The van der Waals surface area contributed by atoms with Gasteiger partial charge in [0.25, 0.3) is 5.56 Å². The van der Waals surface area contributed by atoms with Gasteiger partial charge >= 0.3 is 6.03 Å². The number of carbonyl (C=O) groups excluding carboxylic acids is 1. The summed E-state index contributed by atoms with van der Waals surface area (Å²) in [5.74, 6) is 0.500. The number of nitrogens with zero attached hydrogens (tertiary/aromatic N) is 2. The fourth-order valence-corrected chi connectivity index (χ4v) is 2.31. The van der Waals surface area contributed by atoms with Gasteiger partial charge in [-0.3, -0.25) is 4.79 Å². The van der Waals surface area contributed by atoms with Gasteiger partial charge in [0.2, 0.25) is 0 Å². The lowest BCUT2D eigenvalue weighted by Gasteiger charge is -2.09. The Bertz CT molecular complexity index is 748. The van der Waals surface area contributed by atoms with E-state index in [0.29, 0.717) is 19.0 Å². The van der Waals surface area contributed by atoms with Crippen molar-refractivity contribution in [2.24, 2.45) is 0 Å². The van der Waals surface area contributed by atoms with Crippen LogP contribution in [0.3, 0.4) is 0 Å². The van der Waals surface area contributed by atoms with Crippen LogP contribution in [0.4, 0.5) is 10.5 Å². The Labute approximate surface area is 134 Å². The number of amides is 2. The molecular formula is C17H20N4O2. The number of carbonyl (C=O) groups is 1. The second-order valence-corrected chi connectivity index (χ2v) is 5.84. The second kappa shape index (κ2) is 6.64. The predicted octanol–water partition coefficient (Wildman–Crippen LogP) is 2.25. The molecule has 0 bridgehead atoms. The van der Waals surface area contributed by atoms with Gasteiger partial charge in [-0.25, -0.2) is 9.48 Å².